The van der Waals surface area contributed by atoms with Crippen molar-refractivity contribution in [1.29, 1.82) is 0 Å². The number of nitro groups is 1. The van der Waals surface area contributed by atoms with Crippen molar-refractivity contribution in [3.05, 3.63) is 46.0 Å². The molecule has 0 saturated carbocycles. The number of aryl methyl sites for hydroxylation is 1. The average Bonchev–Trinajstić information content (AvgIpc) is 3.12. The van der Waals surface area contributed by atoms with Gasteiger partial charge in [0.2, 0.25) is 0 Å². The number of carbonyl (C=O) groups is 1. The normalized spacial score (nSPS) is 19.4. The molecule has 27 heavy (non-hydrogen) atoms. The Kier molecular flexibility index (Phi) is 4.74. The van der Waals surface area contributed by atoms with Crippen LogP contribution in [0.1, 0.15) is 49.8 Å². The molecule has 0 bridgehead atoms. The minimum Gasteiger partial charge on any atom is -0.314 e. The second-order valence-electron chi connectivity index (χ2n) is 7.03. The molecule has 1 aromatic carbocycles. The van der Waals surface area contributed by atoms with Crippen molar-refractivity contribution in [1.82, 2.24) is 19.7 Å². The molecular weight excluding hydrogens is 348 g/mol. The molecule has 2 aromatic rings. The van der Waals surface area contributed by atoms with Crippen LogP contribution in [0.2, 0.25) is 0 Å². The highest BCUT2D eigenvalue weighted by molar-refractivity contribution is 5.90. The molecule has 1 N–H and O–H groups in total. The summed E-state index contributed by atoms with van der Waals surface area (Å²) in [5.41, 5.74) is 0.372. The molecule has 9 nitrogen and oxygen atoms in total. The molecule has 2 aliphatic rings. The van der Waals surface area contributed by atoms with E-state index in [1.807, 2.05) is 0 Å². The van der Waals surface area contributed by atoms with Crippen LogP contribution in [0.3, 0.4) is 0 Å². The number of nitrogens with zero attached hydrogens (tertiary/aromatic N) is 5. The summed E-state index contributed by atoms with van der Waals surface area (Å²) in [7, 11) is 0. The second-order valence-corrected chi connectivity index (χ2v) is 7.03. The van der Waals surface area contributed by atoms with Crippen molar-refractivity contribution in [2.45, 2.75) is 51.1 Å². The number of likely N-dealkylation sites (tertiary alicyclic amines) is 1. The SMILES string of the molecule is O=C(Nc1cccc([N+](=O)[O-])c1)N1CCCCC1c1nnc2n1CCCC2. The summed E-state index contributed by atoms with van der Waals surface area (Å²) in [4.78, 5) is 25.2. The number of benzene rings is 1. The third kappa shape index (κ3) is 3.49. The smallest absolute Gasteiger partial charge is 0.314 e. The number of hydrogen-bond acceptors (Lipinski definition) is 5. The van der Waals surface area contributed by atoms with Crippen LogP contribution in [-0.2, 0) is 13.0 Å². The lowest BCUT2D eigenvalue weighted by atomic mass is 10.0. The Morgan fingerprint density at radius 3 is 2.89 bits per heavy atom. The highest BCUT2D eigenvalue weighted by atomic mass is 16.6. The molecule has 1 aromatic heterocycles. The summed E-state index contributed by atoms with van der Waals surface area (Å²) in [6, 6.07) is 5.63. The molecule has 9 heteroatoms. The Bertz CT molecular complexity index is 865. The summed E-state index contributed by atoms with van der Waals surface area (Å²) in [5.74, 6) is 1.86. The summed E-state index contributed by atoms with van der Waals surface area (Å²) >= 11 is 0. The molecule has 0 aliphatic carbocycles. The van der Waals surface area contributed by atoms with Crippen LogP contribution in [0.5, 0.6) is 0 Å². The van der Waals surface area contributed by atoms with Crippen LogP contribution in [0.25, 0.3) is 0 Å². The van der Waals surface area contributed by atoms with Crippen molar-refractivity contribution in [3.63, 3.8) is 0 Å². The van der Waals surface area contributed by atoms with Crippen LogP contribution in [-0.4, -0.2) is 37.2 Å². The van der Waals surface area contributed by atoms with Gasteiger partial charge in [-0.25, -0.2) is 4.79 Å². The molecule has 1 atom stereocenters. The molecule has 2 amide bonds. The maximum absolute atomic E-state index is 12.9. The van der Waals surface area contributed by atoms with E-state index in [1.165, 1.54) is 12.1 Å². The molecule has 1 fully saturated rings. The molecule has 3 heterocycles. The monoisotopic (exact) mass is 370 g/mol. The molecule has 4 rings (SSSR count). The molecule has 0 spiro atoms. The minimum atomic E-state index is -0.470. The van der Waals surface area contributed by atoms with Gasteiger partial charge < -0.3 is 14.8 Å². The first-order valence-corrected chi connectivity index (χ1v) is 9.37. The van der Waals surface area contributed by atoms with Crippen molar-refractivity contribution in [2.75, 3.05) is 11.9 Å². The number of amides is 2. The first-order valence-electron chi connectivity index (χ1n) is 9.37. The summed E-state index contributed by atoms with van der Waals surface area (Å²) in [5, 5.41) is 22.5. The largest absolute Gasteiger partial charge is 0.322 e. The lowest BCUT2D eigenvalue weighted by Crippen LogP contribution is -2.42. The van der Waals surface area contributed by atoms with E-state index in [2.05, 4.69) is 20.1 Å². The first kappa shape index (κ1) is 17.4. The third-order valence-electron chi connectivity index (χ3n) is 5.26. The first-order chi connectivity index (χ1) is 13.1. The number of carbonyl (C=O) groups excluding carboxylic acids is 1. The zero-order valence-corrected chi connectivity index (χ0v) is 15.0. The van der Waals surface area contributed by atoms with Crippen molar-refractivity contribution >= 4 is 17.4 Å². The number of urea groups is 1. The van der Waals surface area contributed by atoms with Crippen LogP contribution >= 0.6 is 0 Å². The fraction of sp³-hybridized carbons (Fsp3) is 0.500. The maximum Gasteiger partial charge on any atom is 0.322 e. The van der Waals surface area contributed by atoms with Crippen molar-refractivity contribution in [3.8, 4) is 0 Å². The topological polar surface area (TPSA) is 106 Å². The average molecular weight is 370 g/mol. The zero-order chi connectivity index (χ0) is 18.8. The number of fused-ring (bicyclic) bond motifs is 1. The number of nitro benzene ring substituents is 1. The minimum absolute atomic E-state index is 0.0467. The van der Waals surface area contributed by atoms with E-state index in [1.54, 1.807) is 17.0 Å². The number of non-ortho nitro benzene ring substituents is 1. The summed E-state index contributed by atoms with van der Waals surface area (Å²) < 4.78 is 2.16. The Balaban J connectivity index is 1.55. The van der Waals surface area contributed by atoms with E-state index in [0.717, 1.165) is 56.7 Å². The number of aromatic nitrogens is 3. The number of hydrogen-bond donors (Lipinski definition) is 1. The highest BCUT2D eigenvalue weighted by Crippen LogP contribution is 2.32. The number of anilines is 1. The van der Waals surface area contributed by atoms with E-state index in [4.69, 9.17) is 0 Å². The predicted molar refractivity (Wildman–Crippen MR) is 98.4 cm³/mol. The second kappa shape index (κ2) is 7.34. The predicted octanol–water partition coefficient (Wildman–Crippen LogP) is 3.28. The van der Waals surface area contributed by atoms with Gasteiger partial charge in [-0.2, -0.15) is 0 Å². The Labute approximate surface area is 156 Å². The van der Waals surface area contributed by atoms with Crippen molar-refractivity contribution < 1.29 is 9.72 Å². The molecule has 2 aliphatic heterocycles. The Hall–Kier alpha value is -2.97. The third-order valence-corrected chi connectivity index (χ3v) is 5.26. The molecular formula is C18H22N6O3. The quantitative estimate of drug-likeness (QED) is 0.659. The Morgan fingerprint density at radius 1 is 1.19 bits per heavy atom. The fourth-order valence-electron chi connectivity index (χ4n) is 3.91. The molecule has 142 valence electrons. The standard InChI is InChI=1S/C18H22N6O3/c25-18(19-13-6-5-7-14(12-13)24(26)27)22-10-3-1-8-15(22)17-21-20-16-9-2-4-11-23(16)17/h5-7,12,15H,1-4,8-11H2,(H,19,25). The van der Waals surface area contributed by atoms with Gasteiger partial charge in [-0.05, 0) is 38.2 Å². The van der Waals surface area contributed by atoms with E-state index in [9.17, 15) is 14.9 Å². The maximum atomic E-state index is 12.9. The van der Waals surface area contributed by atoms with Crippen LogP contribution in [0, 0.1) is 10.1 Å². The molecule has 1 unspecified atom stereocenters. The van der Waals surface area contributed by atoms with Gasteiger partial charge in [0, 0.05) is 37.3 Å². The van der Waals surface area contributed by atoms with Gasteiger partial charge in [0.25, 0.3) is 5.69 Å². The van der Waals surface area contributed by atoms with E-state index in [-0.39, 0.29) is 17.8 Å². The number of nitrogens with one attached hydrogen (secondary N) is 1. The van der Waals surface area contributed by atoms with Gasteiger partial charge in [-0.3, -0.25) is 10.1 Å². The highest BCUT2D eigenvalue weighted by Gasteiger charge is 2.33. The fourth-order valence-corrected chi connectivity index (χ4v) is 3.91. The van der Waals surface area contributed by atoms with Gasteiger partial charge in [-0.15, -0.1) is 10.2 Å². The van der Waals surface area contributed by atoms with Gasteiger partial charge >= 0.3 is 6.03 Å². The lowest BCUT2D eigenvalue weighted by Gasteiger charge is -2.35. The van der Waals surface area contributed by atoms with Crippen LogP contribution in [0.15, 0.2) is 24.3 Å². The van der Waals surface area contributed by atoms with E-state index in [0.29, 0.717) is 12.2 Å². The van der Waals surface area contributed by atoms with Crippen LogP contribution in [0.4, 0.5) is 16.2 Å². The zero-order valence-electron chi connectivity index (χ0n) is 15.0. The van der Waals surface area contributed by atoms with E-state index >= 15 is 0 Å². The number of piperidine rings is 1. The van der Waals surface area contributed by atoms with Gasteiger partial charge in [-0.1, -0.05) is 6.07 Å². The van der Waals surface area contributed by atoms with Crippen molar-refractivity contribution in [2.24, 2.45) is 0 Å². The lowest BCUT2D eigenvalue weighted by molar-refractivity contribution is -0.384. The van der Waals surface area contributed by atoms with Gasteiger partial charge in [0.05, 0.1) is 11.0 Å². The Morgan fingerprint density at radius 2 is 2.04 bits per heavy atom. The molecule has 1 saturated heterocycles. The van der Waals surface area contributed by atoms with Crippen LogP contribution < -0.4 is 5.32 Å². The van der Waals surface area contributed by atoms with Gasteiger partial charge in [0.15, 0.2) is 5.82 Å². The van der Waals surface area contributed by atoms with E-state index < -0.39 is 4.92 Å². The summed E-state index contributed by atoms with van der Waals surface area (Å²) in [6.45, 7) is 1.53. The summed E-state index contributed by atoms with van der Waals surface area (Å²) in [6.07, 6.45) is 5.97. The van der Waals surface area contributed by atoms with Gasteiger partial charge in [0.1, 0.15) is 5.82 Å². The number of rotatable bonds is 3. The molecule has 0 radical (unpaired) electrons.